The van der Waals surface area contributed by atoms with Gasteiger partial charge in [-0.15, -0.1) is 0 Å². The SMILES string of the molecule is CC(C)(O)CC1COc2cccc(C(F)(F)F)c21. The van der Waals surface area contributed by atoms with E-state index in [1.54, 1.807) is 13.8 Å². The lowest BCUT2D eigenvalue weighted by Crippen LogP contribution is -2.24. The van der Waals surface area contributed by atoms with E-state index >= 15 is 0 Å². The summed E-state index contributed by atoms with van der Waals surface area (Å²) >= 11 is 0. The van der Waals surface area contributed by atoms with Gasteiger partial charge in [0.15, 0.2) is 0 Å². The Morgan fingerprint density at radius 2 is 2.00 bits per heavy atom. The van der Waals surface area contributed by atoms with Crippen LogP contribution in [0.4, 0.5) is 13.2 Å². The molecule has 0 fully saturated rings. The third kappa shape index (κ3) is 2.61. The van der Waals surface area contributed by atoms with Crippen molar-refractivity contribution in [2.24, 2.45) is 0 Å². The van der Waals surface area contributed by atoms with E-state index in [4.69, 9.17) is 4.74 Å². The molecule has 0 aromatic heterocycles. The van der Waals surface area contributed by atoms with Crippen LogP contribution in [0.2, 0.25) is 0 Å². The number of rotatable bonds is 2. The van der Waals surface area contributed by atoms with Crippen molar-refractivity contribution < 1.29 is 23.0 Å². The minimum Gasteiger partial charge on any atom is -0.493 e. The summed E-state index contributed by atoms with van der Waals surface area (Å²) in [7, 11) is 0. The maximum absolute atomic E-state index is 12.9. The fourth-order valence-electron chi connectivity index (χ4n) is 2.38. The standard InChI is InChI=1S/C13H15F3O2/c1-12(2,17)6-8-7-18-10-5-3-4-9(11(8)10)13(14,15)16/h3-5,8,17H,6-7H2,1-2H3. The summed E-state index contributed by atoms with van der Waals surface area (Å²) < 4.78 is 44.1. The highest BCUT2D eigenvalue weighted by atomic mass is 19.4. The summed E-state index contributed by atoms with van der Waals surface area (Å²) in [6.07, 6.45) is -4.15. The minimum atomic E-state index is -4.39. The molecular weight excluding hydrogens is 245 g/mol. The highest BCUT2D eigenvalue weighted by Gasteiger charge is 2.40. The number of alkyl halides is 3. The van der Waals surface area contributed by atoms with Crippen LogP contribution < -0.4 is 4.74 Å². The number of hydrogen-bond donors (Lipinski definition) is 1. The molecule has 0 aliphatic carbocycles. The van der Waals surface area contributed by atoms with Crippen molar-refractivity contribution in [1.29, 1.82) is 0 Å². The quantitative estimate of drug-likeness (QED) is 0.883. The second-order valence-electron chi connectivity index (χ2n) is 5.24. The zero-order chi connectivity index (χ0) is 13.6. The van der Waals surface area contributed by atoms with Crippen LogP contribution in [-0.4, -0.2) is 17.3 Å². The average Bonchev–Trinajstić information content (AvgIpc) is 2.57. The fourth-order valence-corrected chi connectivity index (χ4v) is 2.38. The summed E-state index contributed by atoms with van der Waals surface area (Å²) in [5.41, 5.74) is -1.51. The summed E-state index contributed by atoms with van der Waals surface area (Å²) in [5.74, 6) is -0.142. The highest BCUT2D eigenvalue weighted by Crippen LogP contribution is 2.45. The van der Waals surface area contributed by atoms with Crippen LogP contribution in [0.3, 0.4) is 0 Å². The zero-order valence-corrected chi connectivity index (χ0v) is 10.2. The third-order valence-electron chi connectivity index (χ3n) is 2.97. The van der Waals surface area contributed by atoms with Crippen LogP contribution in [0.15, 0.2) is 18.2 Å². The lowest BCUT2D eigenvalue weighted by atomic mass is 9.87. The van der Waals surface area contributed by atoms with E-state index in [1.807, 2.05) is 0 Å². The van der Waals surface area contributed by atoms with Gasteiger partial charge in [0.1, 0.15) is 5.75 Å². The second-order valence-corrected chi connectivity index (χ2v) is 5.24. The van der Waals surface area contributed by atoms with Crippen molar-refractivity contribution in [1.82, 2.24) is 0 Å². The Bertz CT molecular complexity index is 447. The summed E-state index contributed by atoms with van der Waals surface area (Å²) in [4.78, 5) is 0. The number of aliphatic hydroxyl groups is 1. The molecule has 0 saturated heterocycles. The van der Waals surface area contributed by atoms with Gasteiger partial charge in [-0.05, 0) is 32.4 Å². The maximum Gasteiger partial charge on any atom is 0.416 e. The molecule has 0 spiro atoms. The molecule has 1 atom stereocenters. The Hall–Kier alpha value is -1.23. The van der Waals surface area contributed by atoms with Crippen LogP contribution in [0, 0.1) is 0 Å². The van der Waals surface area contributed by atoms with Gasteiger partial charge in [0.05, 0.1) is 17.8 Å². The molecule has 1 aromatic carbocycles. The molecule has 1 aliphatic rings. The van der Waals surface area contributed by atoms with E-state index in [0.29, 0.717) is 0 Å². The van der Waals surface area contributed by atoms with Gasteiger partial charge in [-0.3, -0.25) is 0 Å². The van der Waals surface area contributed by atoms with Crippen molar-refractivity contribution in [3.05, 3.63) is 29.3 Å². The Balaban J connectivity index is 2.42. The molecular formula is C13H15F3O2. The lowest BCUT2D eigenvalue weighted by molar-refractivity contribution is -0.138. The normalized spacial score (nSPS) is 19.6. The predicted molar refractivity (Wildman–Crippen MR) is 60.6 cm³/mol. The first-order valence-corrected chi connectivity index (χ1v) is 5.74. The molecule has 5 heteroatoms. The van der Waals surface area contributed by atoms with Crippen molar-refractivity contribution in [3.8, 4) is 5.75 Å². The molecule has 2 nitrogen and oxygen atoms in total. The molecule has 1 heterocycles. The number of ether oxygens (including phenoxy) is 1. The molecule has 1 aromatic rings. The van der Waals surface area contributed by atoms with Crippen LogP contribution in [0.1, 0.15) is 37.3 Å². The highest BCUT2D eigenvalue weighted by molar-refractivity contribution is 5.47. The van der Waals surface area contributed by atoms with E-state index in [1.165, 1.54) is 12.1 Å². The van der Waals surface area contributed by atoms with Gasteiger partial charge in [-0.1, -0.05) is 6.07 Å². The van der Waals surface area contributed by atoms with Crippen molar-refractivity contribution in [2.45, 2.75) is 38.0 Å². The Morgan fingerprint density at radius 3 is 2.56 bits per heavy atom. The van der Waals surface area contributed by atoms with E-state index in [2.05, 4.69) is 0 Å². The molecule has 0 saturated carbocycles. The Labute approximate surface area is 103 Å². The van der Waals surface area contributed by atoms with Crippen LogP contribution in [0.5, 0.6) is 5.75 Å². The van der Waals surface area contributed by atoms with E-state index in [9.17, 15) is 18.3 Å². The molecule has 0 bridgehead atoms. The first-order valence-electron chi connectivity index (χ1n) is 5.74. The summed E-state index contributed by atoms with van der Waals surface area (Å²) in [6.45, 7) is 3.36. The molecule has 1 N–H and O–H groups in total. The van der Waals surface area contributed by atoms with Crippen LogP contribution in [0.25, 0.3) is 0 Å². The largest absolute Gasteiger partial charge is 0.493 e. The van der Waals surface area contributed by atoms with Gasteiger partial charge in [-0.25, -0.2) is 0 Å². The molecule has 18 heavy (non-hydrogen) atoms. The van der Waals surface area contributed by atoms with Gasteiger partial charge >= 0.3 is 6.18 Å². The van der Waals surface area contributed by atoms with Crippen molar-refractivity contribution in [3.63, 3.8) is 0 Å². The molecule has 1 aliphatic heterocycles. The van der Waals surface area contributed by atoms with Crippen molar-refractivity contribution >= 4 is 0 Å². The first kappa shape index (κ1) is 13.2. The fraction of sp³-hybridized carbons (Fsp3) is 0.538. The van der Waals surface area contributed by atoms with Gasteiger partial charge in [0.2, 0.25) is 0 Å². The number of hydrogen-bond acceptors (Lipinski definition) is 2. The van der Waals surface area contributed by atoms with Gasteiger partial charge in [0.25, 0.3) is 0 Å². The Kier molecular flexibility index (Phi) is 3.05. The van der Waals surface area contributed by atoms with Crippen LogP contribution >= 0.6 is 0 Å². The molecule has 100 valence electrons. The topological polar surface area (TPSA) is 29.5 Å². The number of benzene rings is 1. The molecule has 0 amide bonds. The summed E-state index contributed by atoms with van der Waals surface area (Å²) in [6, 6.07) is 3.94. The predicted octanol–water partition coefficient (Wildman–Crippen LogP) is 3.34. The minimum absolute atomic E-state index is 0.173. The van der Waals surface area contributed by atoms with Crippen LogP contribution in [-0.2, 0) is 6.18 Å². The Morgan fingerprint density at radius 1 is 1.33 bits per heavy atom. The first-order chi connectivity index (χ1) is 8.18. The molecule has 2 rings (SSSR count). The number of fused-ring (bicyclic) bond motifs is 1. The molecule has 1 unspecified atom stereocenters. The van der Waals surface area contributed by atoms with E-state index < -0.39 is 23.3 Å². The van der Waals surface area contributed by atoms with Gasteiger partial charge in [-0.2, -0.15) is 13.2 Å². The lowest BCUT2D eigenvalue weighted by Gasteiger charge is -2.22. The smallest absolute Gasteiger partial charge is 0.416 e. The van der Waals surface area contributed by atoms with Gasteiger partial charge in [0, 0.05) is 11.5 Å². The van der Waals surface area contributed by atoms with Gasteiger partial charge < -0.3 is 9.84 Å². The zero-order valence-electron chi connectivity index (χ0n) is 10.2. The summed E-state index contributed by atoms with van der Waals surface area (Å²) in [5, 5.41) is 9.76. The number of halogens is 3. The second kappa shape index (κ2) is 4.16. The monoisotopic (exact) mass is 260 g/mol. The third-order valence-corrected chi connectivity index (χ3v) is 2.97. The maximum atomic E-state index is 12.9. The molecule has 0 radical (unpaired) electrons. The average molecular weight is 260 g/mol. The van der Waals surface area contributed by atoms with Crippen molar-refractivity contribution in [2.75, 3.05) is 6.61 Å². The van der Waals surface area contributed by atoms with E-state index in [-0.39, 0.29) is 24.3 Å². The van der Waals surface area contributed by atoms with E-state index in [0.717, 1.165) is 6.07 Å².